The molecular formula is C9H19ClO2. The van der Waals surface area contributed by atoms with Crippen molar-refractivity contribution in [1.29, 1.82) is 0 Å². The van der Waals surface area contributed by atoms with Crippen molar-refractivity contribution in [2.45, 2.75) is 44.3 Å². The lowest BCUT2D eigenvalue weighted by atomic mass is 10.1. The summed E-state index contributed by atoms with van der Waals surface area (Å²) in [5.74, 6) is 0. The van der Waals surface area contributed by atoms with E-state index in [-0.39, 0.29) is 0 Å². The van der Waals surface area contributed by atoms with E-state index in [0.29, 0.717) is 0 Å². The molecule has 0 heterocycles. The van der Waals surface area contributed by atoms with Gasteiger partial charge < -0.3 is 9.47 Å². The van der Waals surface area contributed by atoms with Crippen LogP contribution in [0.4, 0.5) is 0 Å². The summed E-state index contributed by atoms with van der Waals surface area (Å²) in [7, 11) is 3.13. The average molecular weight is 195 g/mol. The maximum absolute atomic E-state index is 5.94. The number of hydrogen-bond acceptors (Lipinski definition) is 2. The lowest BCUT2D eigenvalue weighted by Crippen LogP contribution is -2.26. The molecule has 0 bridgehead atoms. The minimum absolute atomic E-state index is 0.752. The third-order valence-corrected chi connectivity index (χ3v) is 2.44. The highest BCUT2D eigenvalue weighted by molar-refractivity contribution is 6.21. The molecule has 0 aliphatic rings. The zero-order valence-corrected chi connectivity index (χ0v) is 8.99. The fourth-order valence-electron chi connectivity index (χ4n) is 1.05. The number of hydrogen-bond donors (Lipinski definition) is 0. The van der Waals surface area contributed by atoms with Gasteiger partial charge in [0.15, 0.2) is 0 Å². The Balaban J connectivity index is 3.45. The van der Waals surface area contributed by atoms with Gasteiger partial charge in [0.2, 0.25) is 5.25 Å². The van der Waals surface area contributed by atoms with Crippen LogP contribution < -0.4 is 0 Å². The van der Waals surface area contributed by atoms with Crippen LogP contribution in [0, 0.1) is 0 Å². The second kappa shape index (κ2) is 6.70. The minimum atomic E-state index is -0.895. The molecule has 0 fully saturated rings. The second-order valence-electron chi connectivity index (χ2n) is 2.88. The molecule has 2 nitrogen and oxygen atoms in total. The average Bonchev–Trinajstić information content (AvgIpc) is 2.12. The first kappa shape index (κ1) is 12.2. The molecule has 0 aliphatic carbocycles. The standard InChI is InChI=1S/C9H19ClO2/c1-4-5-6-7-8-9(10,11-2)12-3/h4-8H2,1-3H3. The predicted octanol–water partition coefficient (Wildman–Crippen LogP) is 3.14. The fourth-order valence-corrected chi connectivity index (χ4v) is 1.18. The van der Waals surface area contributed by atoms with Gasteiger partial charge in [-0.1, -0.05) is 37.8 Å². The molecule has 74 valence electrons. The van der Waals surface area contributed by atoms with Crippen LogP contribution in [0.2, 0.25) is 0 Å². The summed E-state index contributed by atoms with van der Waals surface area (Å²) in [5, 5.41) is -0.895. The van der Waals surface area contributed by atoms with E-state index >= 15 is 0 Å². The van der Waals surface area contributed by atoms with Gasteiger partial charge in [0.1, 0.15) is 0 Å². The largest absolute Gasteiger partial charge is 0.341 e. The molecule has 0 atom stereocenters. The molecule has 0 spiro atoms. The molecule has 0 aromatic carbocycles. The number of methoxy groups -OCH3 is 2. The van der Waals surface area contributed by atoms with Crippen molar-refractivity contribution in [3.05, 3.63) is 0 Å². The van der Waals surface area contributed by atoms with Crippen molar-refractivity contribution in [3.63, 3.8) is 0 Å². The summed E-state index contributed by atoms with van der Waals surface area (Å²) in [6.07, 6.45) is 5.48. The van der Waals surface area contributed by atoms with Crippen LogP contribution in [0.1, 0.15) is 39.0 Å². The van der Waals surface area contributed by atoms with Gasteiger partial charge in [0, 0.05) is 20.6 Å². The Hall–Kier alpha value is 0.210. The molecule has 0 aliphatic heterocycles. The normalized spacial score (nSPS) is 12.0. The number of rotatable bonds is 7. The Labute approximate surface area is 80.2 Å². The predicted molar refractivity (Wildman–Crippen MR) is 51.4 cm³/mol. The number of unbranched alkanes of at least 4 members (excludes halogenated alkanes) is 3. The molecule has 0 rings (SSSR count). The Morgan fingerprint density at radius 2 is 1.67 bits per heavy atom. The third-order valence-electron chi connectivity index (χ3n) is 1.94. The van der Waals surface area contributed by atoms with Crippen molar-refractivity contribution < 1.29 is 9.47 Å². The summed E-state index contributed by atoms with van der Waals surface area (Å²) in [4.78, 5) is 0. The number of halogens is 1. The van der Waals surface area contributed by atoms with Gasteiger partial charge in [-0.2, -0.15) is 0 Å². The van der Waals surface area contributed by atoms with E-state index in [9.17, 15) is 0 Å². The first-order valence-corrected chi connectivity index (χ1v) is 4.85. The maximum atomic E-state index is 5.94. The summed E-state index contributed by atoms with van der Waals surface area (Å²) >= 11 is 5.94. The number of ether oxygens (including phenoxy) is 2. The van der Waals surface area contributed by atoms with Crippen molar-refractivity contribution in [2.75, 3.05) is 14.2 Å². The second-order valence-corrected chi connectivity index (χ2v) is 3.45. The van der Waals surface area contributed by atoms with Crippen molar-refractivity contribution in [1.82, 2.24) is 0 Å². The van der Waals surface area contributed by atoms with Crippen LogP contribution >= 0.6 is 11.6 Å². The highest BCUT2D eigenvalue weighted by atomic mass is 35.5. The van der Waals surface area contributed by atoms with Crippen molar-refractivity contribution in [3.8, 4) is 0 Å². The molecule has 0 aromatic rings. The maximum Gasteiger partial charge on any atom is 0.247 e. The van der Waals surface area contributed by atoms with Gasteiger partial charge in [0.25, 0.3) is 0 Å². The molecule has 0 saturated heterocycles. The van der Waals surface area contributed by atoms with Gasteiger partial charge in [-0.15, -0.1) is 0 Å². The molecule has 3 heteroatoms. The molecule has 12 heavy (non-hydrogen) atoms. The van der Waals surface area contributed by atoms with Gasteiger partial charge in [-0.25, -0.2) is 0 Å². The molecule has 0 unspecified atom stereocenters. The van der Waals surface area contributed by atoms with E-state index in [1.54, 1.807) is 14.2 Å². The SMILES string of the molecule is CCCCCCC(Cl)(OC)OC. The quantitative estimate of drug-likeness (QED) is 0.352. The smallest absolute Gasteiger partial charge is 0.247 e. The molecular weight excluding hydrogens is 176 g/mol. The van der Waals surface area contributed by atoms with E-state index in [1.165, 1.54) is 19.3 Å². The van der Waals surface area contributed by atoms with Crippen molar-refractivity contribution >= 4 is 11.6 Å². The van der Waals surface area contributed by atoms with Crippen LogP contribution in [0.5, 0.6) is 0 Å². The van der Waals surface area contributed by atoms with E-state index in [1.807, 2.05) is 0 Å². The number of alkyl halides is 1. The summed E-state index contributed by atoms with van der Waals surface area (Å²) in [5.41, 5.74) is 0. The zero-order chi connectivity index (χ0) is 9.45. The van der Waals surface area contributed by atoms with Crippen LogP contribution in [0.3, 0.4) is 0 Å². The van der Waals surface area contributed by atoms with Crippen LogP contribution in [0.25, 0.3) is 0 Å². The molecule has 0 amide bonds. The van der Waals surface area contributed by atoms with Crippen LogP contribution in [-0.4, -0.2) is 19.5 Å². The summed E-state index contributed by atoms with van der Waals surface area (Å²) in [6, 6.07) is 0. The van der Waals surface area contributed by atoms with Gasteiger partial charge in [0.05, 0.1) is 0 Å². The minimum Gasteiger partial charge on any atom is -0.341 e. The Morgan fingerprint density at radius 1 is 1.08 bits per heavy atom. The summed E-state index contributed by atoms with van der Waals surface area (Å²) in [6.45, 7) is 2.18. The van der Waals surface area contributed by atoms with Crippen LogP contribution in [0.15, 0.2) is 0 Å². The lowest BCUT2D eigenvalue weighted by molar-refractivity contribution is -0.146. The topological polar surface area (TPSA) is 18.5 Å². The van der Waals surface area contributed by atoms with Crippen molar-refractivity contribution in [2.24, 2.45) is 0 Å². The molecule has 0 N–H and O–H groups in total. The van der Waals surface area contributed by atoms with Gasteiger partial charge in [-0.05, 0) is 6.42 Å². The fraction of sp³-hybridized carbons (Fsp3) is 1.00. The highest BCUT2D eigenvalue weighted by Crippen LogP contribution is 2.24. The lowest BCUT2D eigenvalue weighted by Gasteiger charge is -2.23. The van der Waals surface area contributed by atoms with E-state index in [4.69, 9.17) is 21.1 Å². The van der Waals surface area contributed by atoms with E-state index in [2.05, 4.69) is 6.92 Å². The molecule has 0 saturated carbocycles. The third kappa shape index (κ3) is 4.96. The first-order valence-electron chi connectivity index (χ1n) is 4.47. The molecule has 0 aromatic heterocycles. The van der Waals surface area contributed by atoms with Crippen LogP contribution in [-0.2, 0) is 9.47 Å². The highest BCUT2D eigenvalue weighted by Gasteiger charge is 2.24. The van der Waals surface area contributed by atoms with Gasteiger partial charge in [-0.3, -0.25) is 0 Å². The van der Waals surface area contributed by atoms with Gasteiger partial charge >= 0.3 is 0 Å². The zero-order valence-electron chi connectivity index (χ0n) is 8.23. The Morgan fingerprint density at radius 3 is 2.08 bits per heavy atom. The summed E-state index contributed by atoms with van der Waals surface area (Å²) < 4.78 is 10.0. The molecule has 0 radical (unpaired) electrons. The van der Waals surface area contributed by atoms with E-state index < -0.39 is 5.25 Å². The Bertz CT molecular complexity index is 103. The van der Waals surface area contributed by atoms with E-state index in [0.717, 1.165) is 12.8 Å². The first-order chi connectivity index (χ1) is 5.68. The monoisotopic (exact) mass is 194 g/mol. The Kier molecular flexibility index (Phi) is 6.81.